The fraction of sp³-hybridized carbons (Fsp3) is 0.500. The second kappa shape index (κ2) is 4.71. The highest BCUT2D eigenvalue weighted by molar-refractivity contribution is 5.94. The summed E-state index contributed by atoms with van der Waals surface area (Å²) in [5.74, 6) is 0.125. The number of morpholine rings is 1. The molecule has 18 heavy (non-hydrogen) atoms. The van der Waals surface area contributed by atoms with Crippen molar-refractivity contribution in [2.75, 3.05) is 19.8 Å². The molecule has 2 heterocycles. The zero-order chi connectivity index (χ0) is 12.5. The fourth-order valence-electron chi connectivity index (χ4n) is 2.62. The van der Waals surface area contributed by atoms with E-state index in [1.807, 2.05) is 24.0 Å². The monoisotopic (exact) mass is 246 g/mol. The first-order valence-electron chi connectivity index (χ1n) is 6.47. The minimum absolute atomic E-state index is 0.125. The number of hydrogen-bond donors (Lipinski definition) is 1. The smallest absolute Gasteiger partial charge is 0.254 e. The second-order valence-corrected chi connectivity index (χ2v) is 5.01. The van der Waals surface area contributed by atoms with Crippen molar-refractivity contribution in [2.45, 2.75) is 26.1 Å². The van der Waals surface area contributed by atoms with Crippen LogP contribution in [0.25, 0.3) is 0 Å². The molecule has 0 aliphatic carbocycles. The Labute approximate surface area is 107 Å². The molecule has 0 saturated carbocycles. The van der Waals surface area contributed by atoms with Gasteiger partial charge in [0.25, 0.3) is 5.91 Å². The van der Waals surface area contributed by atoms with E-state index in [9.17, 15) is 4.79 Å². The Morgan fingerprint density at radius 1 is 1.39 bits per heavy atom. The average Bonchev–Trinajstić information content (AvgIpc) is 2.85. The standard InChI is InChI=1S/C14H18N2O2/c1-10-9-18-5-4-16(10)14(17)11-2-3-12-7-15-8-13(12)6-11/h2-3,6,10,15H,4-5,7-9H2,1H3. The number of carbonyl (C=O) groups is 1. The first-order chi connectivity index (χ1) is 8.75. The van der Waals surface area contributed by atoms with Crippen LogP contribution < -0.4 is 5.32 Å². The van der Waals surface area contributed by atoms with Crippen LogP contribution in [0.4, 0.5) is 0 Å². The molecule has 4 nitrogen and oxygen atoms in total. The molecule has 0 spiro atoms. The third-order valence-corrected chi connectivity index (χ3v) is 3.71. The van der Waals surface area contributed by atoms with Crippen molar-refractivity contribution < 1.29 is 9.53 Å². The number of nitrogens with one attached hydrogen (secondary N) is 1. The highest BCUT2D eigenvalue weighted by Gasteiger charge is 2.25. The summed E-state index contributed by atoms with van der Waals surface area (Å²) in [5.41, 5.74) is 3.36. The van der Waals surface area contributed by atoms with Crippen molar-refractivity contribution in [1.29, 1.82) is 0 Å². The predicted octanol–water partition coefficient (Wildman–Crippen LogP) is 1.15. The fourth-order valence-corrected chi connectivity index (χ4v) is 2.62. The number of ether oxygens (including phenoxy) is 1. The van der Waals surface area contributed by atoms with Gasteiger partial charge in [0.1, 0.15) is 0 Å². The van der Waals surface area contributed by atoms with Gasteiger partial charge in [-0.25, -0.2) is 0 Å². The lowest BCUT2D eigenvalue weighted by molar-refractivity contribution is 0.00359. The van der Waals surface area contributed by atoms with Gasteiger partial charge < -0.3 is 15.0 Å². The molecule has 1 amide bonds. The van der Waals surface area contributed by atoms with Crippen LogP contribution in [-0.2, 0) is 17.8 Å². The number of nitrogens with zero attached hydrogens (tertiary/aromatic N) is 1. The number of amides is 1. The molecule has 2 aliphatic rings. The molecular formula is C14H18N2O2. The third kappa shape index (κ3) is 2.02. The highest BCUT2D eigenvalue weighted by Crippen LogP contribution is 2.19. The summed E-state index contributed by atoms with van der Waals surface area (Å²) in [4.78, 5) is 14.4. The van der Waals surface area contributed by atoms with Crippen LogP contribution in [0.5, 0.6) is 0 Å². The number of hydrogen-bond acceptors (Lipinski definition) is 3. The maximum Gasteiger partial charge on any atom is 0.254 e. The quantitative estimate of drug-likeness (QED) is 0.808. The zero-order valence-corrected chi connectivity index (χ0v) is 10.6. The van der Waals surface area contributed by atoms with Crippen LogP contribution in [0.15, 0.2) is 18.2 Å². The van der Waals surface area contributed by atoms with Crippen LogP contribution in [0.1, 0.15) is 28.4 Å². The Kier molecular flexibility index (Phi) is 3.06. The van der Waals surface area contributed by atoms with E-state index in [0.717, 1.165) is 18.7 Å². The lowest BCUT2D eigenvalue weighted by Crippen LogP contribution is -2.47. The summed E-state index contributed by atoms with van der Waals surface area (Å²) in [6.45, 7) is 5.79. The predicted molar refractivity (Wildman–Crippen MR) is 68.3 cm³/mol. The molecule has 1 atom stereocenters. The third-order valence-electron chi connectivity index (χ3n) is 3.71. The van der Waals surface area contributed by atoms with Gasteiger partial charge in [-0.15, -0.1) is 0 Å². The maximum atomic E-state index is 12.5. The van der Waals surface area contributed by atoms with Crippen LogP contribution in [0.2, 0.25) is 0 Å². The molecule has 0 radical (unpaired) electrons. The summed E-state index contributed by atoms with van der Waals surface area (Å²) >= 11 is 0. The van der Waals surface area contributed by atoms with Crippen LogP contribution in [-0.4, -0.2) is 36.6 Å². The molecule has 1 saturated heterocycles. The molecule has 4 heteroatoms. The minimum Gasteiger partial charge on any atom is -0.377 e. The van der Waals surface area contributed by atoms with E-state index in [2.05, 4.69) is 11.4 Å². The first kappa shape index (κ1) is 11.7. The number of benzene rings is 1. The van der Waals surface area contributed by atoms with Crippen molar-refractivity contribution in [1.82, 2.24) is 10.2 Å². The number of fused-ring (bicyclic) bond motifs is 1. The van der Waals surface area contributed by atoms with Crippen molar-refractivity contribution in [2.24, 2.45) is 0 Å². The summed E-state index contributed by atoms with van der Waals surface area (Å²) in [5, 5.41) is 3.30. The van der Waals surface area contributed by atoms with Crippen molar-refractivity contribution >= 4 is 5.91 Å². The van der Waals surface area contributed by atoms with E-state index >= 15 is 0 Å². The molecule has 2 aliphatic heterocycles. The van der Waals surface area contributed by atoms with Gasteiger partial charge in [-0.05, 0) is 30.2 Å². The molecule has 1 fully saturated rings. The molecule has 1 aromatic rings. The van der Waals surface area contributed by atoms with Crippen molar-refractivity contribution in [3.05, 3.63) is 34.9 Å². The lowest BCUT2D eigenvalue weighted by atomic mass is 10.0. The van der Waals surface area contributed by atoms with E-state index in [-0.39, 0.29) is 11.9 Å². The molecular weight excluding hydrogens is 228 g/mol. The Morgan fingerprint density at radius 2 is 2.22 bits per heavy atom. The first-order valence-corrected chi connectivity index (χ1v) is 6.47. The zero-order valence-electron chi connectivity index (χ0n) is 10.6. The largest absolute Gasteiger partial charge is 0.377 e. The minimum atomic E-state index is 0.125. The Bertz CT molecular complexity index is 473. The van der Waals surface area contributed by atoms with Gasteiger partial charge in [0.05, 0.1) is 19.3 Å². The Hall–Kier alpha value is -1.39. The Balaban J connectivity index is 1.83. The highest BCUT2D eigenvalue weighted by atomic mass is 16.5. The molecule has 1 N–H and O–H groups in total. The van der Waals surface area contributed by atoms with Crippen molar-refractivity contribution in [3.8, 4) is 0 Å². The van der Waals surface area contributed by atoms with E-state index in [1.165, 1.54) is 11.1 Å². The van der Waals surface area contributed by atoms with E-state index in [1.54, 1.807) is 0 Å². The molecule has 96 valence electrons. The lowest BCUT2D eigenvalue weighted by Gasteiger charge is -2.33. The number of carbonyl (C=O) groups excluding carboxylic acids is 1. The van der Waals surface area contributed by atoms with Gasteiger partial charge in [-0.2, -0.15) is 0 Å². The van der Waals surface area contributed by atoms with E-state index in [4.69, 9.17) is 4.74 Å². The normalized spacial score (nSPS) is 22.9. The second-order valence-electron chi connectivity index (χ2n) is 5.01. The summed E-state index contributed by atoms with van der Waals surface area (Å²) in [6.07, 6.45) is 0. The van der Waals surface area contributed by atoms with Gasteiger partial charge >= 0.3 is 0 Å². The van der Waals surface area contributed by atoms with Gasteiger partial charge in [-0.1, -0.05) is 6.07 Å². The van der Waals surface area contributed by atoms with Gasteiger partial charge in [0.15, 0.2) is 0 Å². The summed E-state index contributed by atoms with van der Waals surface area (Å²) in [6, 6.07) is 6.20. The Morgan fingerprint density at radius 3 is 3.06 bits per heavy atom. The summed E-state index contributed by atoms with van der Waals surface area (Å²) < 4.78 is 5.37. The molecule has 0 bridgehead atoms. The van der Waals surface area contributed by atoms with E-state index in [0.29, 0.717) is 19.8 Å². The van der Waals surface area contributed by atoms with Gasteiger partial charge in [-0.3, -0.25) is 4.79 Å². The topological polar surface area (TPSA) is 41.6 Å². The van der Waals surface area contributed by atoms with Crippen LogP contribution in [0.3, 0.4) is 0 Å². The molecule has 0 aromatic heterocycles. The average molecular weight is 246 g/mol. The summed E-state index contributed by atoms with van der Waals surface area (Å²) in [7, 11) is 0. The van der Waals surface area contributed by atoms with E-state index < -0.39 is 0 Å². The maximum absolute atomic E-state index is 12.5. The van der Waals surface area contributed by atoms with Gasteiger partial charge in [0, 0.05) is 25.2 Å². The molecule has 1 unspecified atom stereocenters. The SMILES string of the molecule is CC1COCCN1C(=O)c1ccc2c(c1)CNC2. The van der Waals surface area contributed by atoms with Crippen LogP contribution in [0, 0.1) is 0 Å². The van der Waals surface area contributed by atoms with Crippen LogP contribution >= 0.6 is 0 Å². The van der Waals surface area contributed by atoms with Gasteiger partial charge in [0.2, 0.25) is 0 Å². The molecule has 1 aromatic carbocycles. The molecule has 3 rings (SSSR count). The number of rotatable bonds is 1. The van der Waals surface area contributed by atoms with Crippen molar-refractivity contribution in [3.63, 3.8) is 0 Å².